The molecule has 1 nitrogen and oxygen atoms in total. The van der Waals surface area contributed by atoms with E-state index in [0.29, 0.717) is 0 Å². The number of hydrogen-bond acceptors (Lipinski definition) is 1. The summed E-state index contributed by atoms with van der Waals surface area (Å²) >= 11 is 0. The van der Waals surface area contributed by atoms with Crippen molar-refractivity contribution in [3.63, 3.8) is 0 Å². The van der Waals surface area contributed by atoms with Crippen molar-refractivity contribution in [3.8, 4) is 12.3 Å². The molecule has 0 N–H and O–H groups in total. The van der Waals surface area contributed by atoms with Crippen LogP contribution in [0.1, 0.15) is 23.9 Å². The van der Waals surface area contributed by atoms with Gasteiger partial charge in [-0.3, -0.25) is 0 Å². The van der Waals surface area contributed by atoms with Crippen LogP contribution < -0.4 is 0 Å². The summed E-state index contributed by atoms with van der Waals surface area (Å²) in [5, 5.41) is 0. The molecule has 0 aliphatic heterocycles. The smallest absolute Gasteiger partial charge is 0.116 e. The van der Waals surface area contributed by atoms with Gasteiger partial charge in [0.05, 0.1) is 0 Å². The van der Waals surface area contributed by atoms with Crippen molar-refractivity contribution in [2.24, 2.45) is 0 Å². The van der Waals surface area contributed by atoms with Crippen molar-refractivity contribution in [1.29, 1.82) is 0 Å². The lowest BCUT2D eigenvalue weighted by Crippen LogP contribution is -1.93. The molecule has 1 heteroatoms. The van der Waals surface area contributed by atoms with E-state index in [9.17, 15) is 0 Å². The highest BCUT2D eigenvalue weighted by Gasteiger charge is 1.97. The highest BCUT2D eigenvalue weighted by atomic mass is 14.7. The monoisotopic (exact) mass is 145 g/mol. The molecule has 0 bridgehead atoms. The van der Waals surface area contributed by atoms with Gasteiger partial charge >= 0.3 is 0 Å². The van der Waals surface area contributed by atoms with Crippen LogP contribution in [0.2, 0.25) is 0 Å². The predicted octanol–water partition coefficient (Wildman–Crippen LogP) is 1.93. The summed E-state index contributed by atoms with van der Waals surface area (Å²) in [5.41, 5.74) is 2.92. The van der Waals surface area contributed by atoms with Crippen LogP contribution in [0.25, 0.3) is 0 Å². The fourth-order valence-electron chi connectivity index (χ4n) is 0.996. The number of nitrogens with zero attached hydrogens (tertiary/aromatic N) is 1. The van der Waals surface area contributed by atoms with E-state index >= 15 is 0 Å². The minimum absolute atomic E-state index is 0.785. The van der Waals surface area contributed by atoms with Crippen molar-refractivity contribution < 1.29 is 0 Å². The third kappa shape index (κ3) is 1.59. The first-order valence-electron chi connectivity index (χ1n) is 3.71. The Bertz CT molecular complexity index is 294. The summed E-state index contributed by atoms with van der Waals surface area (Å²) in [6, 6.07) is 4.02. The highest BCUT2D eigenvalue weighted by Crippen LogP contribution is 2.06. The minimum Gasteiger partial charge on any atom is -0.244 e. The zero-order valence-corrected chi connectivity index (χ0v) is 6.89. The number of rotatable bonds is 1. The van der Waals surface area contributed by atoms with E-state index in [0.717, 1.165) is 23.4 Å². The molecule has 0 aliphatic carbocycles. The van der Waals surface area contributed by atoms with Crippen LogP contribution in [0.3, 0.4) is 0 Å². The molecule has 0 atom stereocenters. The van der Waals surface area contributed by atoms with Gasteiger partial charge in [-0.15, -0.1) is 6.42 Å². The van der Waals surface area contributed by atoms with E-state index in [4.69, 9.17) is 6.42 Å². The average molecular weight is 145 g/mol. The third-order valence-corrected chi connectivity index (χ3v) is 1.64. The molecule has 0 amide bonds. The number of aromatic nitrogens is 1. The van der Waals surface area contributed by atoms with E-state index in [1.165, 1.54) is 0 Å². The van der Waals surface area contributed by atoms with Crippen LogP contribution in [0.15, 0.2) is 12.1 Å². The second-order valence-electron chi connectivity index (χ2n) is 2.46. The normalized spacial score (nSPS) is 9.18. The van der Waals surface area contributed by atoms with Crippen molar-refractivity contribution in [3.05, 3.63) is 29.1 Å². The van der Waals surface area contributed by atoms with Crippen LogP contribution in [-0.4, -0.2) is 4.98 Å². The van der Waals surface area contributed by atoms with E-state index in [1.54, 1.807) is 0 Å². The summed E-state index contributed by atoms with van der Waals surface area (Å²) in [7, 11) is 0. The first-order valence-corrected chi connectivity index (χ1v) is 3.71. The molecule has 0 aliphatic rings. The molecule has 0 radical (unpaired) electrons. The molecule has 0 fully saturated rings. The van der Waals surface area contributed by atoms with Crippen molar-refractivity contribution in [2.75, 3.05) is 0 Å². The van der Waals surface area contributed by atoms with Gasteiger partial charge in [0, 0.05) is 5.69 Å². The lowest BCUT2D eigenvalue weighted by Gasteiger charge is -2.00. The second-order valence-corrected chi connectivity index (χ2v) is 2.46. The van der Waals surface area contributed by atoms with Gasteiger partial charge < -0.3 is 0 Å². The number of pyridine rings is 1. The van der Waals surface area contributed by atoms with Crippen molar-refractivity contribution >= 4 is 0 Å². The fourth-order valence-corrected chi connectivity index (χ4v) is 0.996. The van der Waals surface area contributed by atoms with E-state index in [-0.39, 0.29) is 0 Å². The zero-order chi connectivity index (χ0) is 8.27. The van der Waals surface area contributed by atoms with Gasteiger partial charge in [0.25, 0.3) is 0 Å². The summed E-state index contributed by atoms with van der Waals surface area (Å²) < 4.78 is 0. The predicted molar refractivity (Wildman–Crippen MR) is 46.3 cm³/mol. The molecule has 1 aromatic heterocycles. The maximum Gasteiger partial charge on any atom is 0.116 e. The summed E-state index contributed by atoms with van der Waals surface area (Å²) in [4.78, 5) is 4.23. The van der Waals surface area contributed by atoms with Gasteiger partial charge in [0.15, 0.2) is 0 Å². The molecule has 1 rings (SSSR count). The van der Waals surface area contributed by atoms with E-state index in [2.05, 4.69) is 17.8 Å². The topological polar surface area (TPSA) is 12.9 Å². The fraction of sp³-hybridized carbons (Fsp3) is 0.300. The lowest BCUT2D eigenvalue weighted by atomic mass is 10.1. The van der Waals surface area contributed by atoms with Crippen LogP contribution in [-0.2, 0) is 6.42 Å². The molecule has 11 heavy (non-hydrogen) atoms. The molecule has 1 heterocycles. The Kier molecular flexibility index (Phi) is 2.28. The van der Waals surface area contributed by atoms with Crippen molar-refractivity contribution in [1.82, 2.24) is 4.98 Å². The van der Waals surface area contributed by atoms with Crippen LogP contribution in [0.4, 0.5) is 0 Å². The Morgan fingerprint density at radius 3 is 2.82 bits per heavy atom. The third-order valence-electron chi connectivity index (χ3n) is 1.64. The Labute approximate surface area is 67.5 Å². The van der Waals surface area contributed by atoms with Gasteiger partial charge in [0.2, 0.25) is 0 Å². The van der Waals surface area contributed by atoms with Crippen molar-refractivity contribution in [2.45, 2.75) is 20.3 Å². The van der Waals surface area contributed by atoms with Gasteiger partial charge in [-0.25, -0.2) is 4.98 Å². The van der Waals surface area contributed by atoms with Crippen LogP contribution in [0.5, 0.6) is 0 Å². The van der Waals surface area contributed by atoms with Gasteiger partial charge in [-0.1, -0.05) is 13.0 Å². The Balaban J connectivity index is 3.19. The Morgan fingerprint density at radius 1 is 1.55 bits per heavy atom. The van der Waals surface area contributed by atoms with Crippen LogP contribution >= 0.6 is 0 Å². The standard InChI is InChI=1S/C10H11N/c1-4-9-7-6-8(3)11-10(9)5-2/h2,6-7H,4H2,1,3H3. The molecule has 1 aromatic rings. The maximum absolute atomic E-state index is 5.28. The Hall–Kier alpha value is -1.29. The molecule has 0 aromatic carbocycles. The molecule has 0 saturated heterocycles. The molecular formula is C10H11N. The molecule has 0 spiro atoms. The minimum atomic E-state index is 0.785. The Morgan fingerprint density at radius 2 is 2.27 bits per heavy atom. The second kappa shape index (κ2) is 3.21. The highest BCUT2D eigenvalue weighted by molar-refractivity contribution is 5.34. The summed E-state index contributed by atoms with van der Waals surface area (Å²) in [5.74, 6) is 2.58. The van der Waals surface area contributed by atoms with Crippen LogP contribution in [0, 0.1) is 19.3 Å². The van der Waals surface area contributed by atoms with E-state index in [1.807, 2.05) is 19.1 Å². The SMILES string of the molecule is C#Cc1nc(C)ccc1CC. The molecule has 0 saturated carbocycles. The van der Waals surface area contributed by atoms with E-state index < -0.39 is 0 Å². The van der Waals surface area contributed by atoms with Gasteiger partial charge in [-0.2, -0.15) is 0 Å². The molecular weight excluding hydrogens is 134 g/mol. The maximum atomic E-state index is 5.28. The van der Waals surface area contributed by atoms with Gasteiger partial charge in [0.1, 0.15) is 5.69 Å². The average Bonchev–Trinajstić information content (AvgIpc) is 2.04. The first-order chi connectivity index (χ1) is 5.27. The summed E-state index contributed by atoms with van der Waals surface area (Å²) in [6.45, 7) is 4.02. The first kappa shape index (κ1) is 7.81. The zero-order valence-electron chi connectivity index (χ0n) is 6.89. The number of terminal acetylenes is 1. The largest absolute Gasteiger partial charge is 0.244 e. The summed E-state index contributed by atoms with van der Waals surface area (Å²) in [6.07, 6.45) is 6.23. The molecule has 56 valence electrons. The molecule has 0 unspecified atom stereocenters. The quantitative estimate of drug-likeness (QED) is 0.550. The van der Waals surface area contributed by atoms with Gasteiger partial charge in [-0.05, 0) is 30.9 Å². The number of hydrogen-bond donors (Lipinski definition) is 0. The lowest BCUT2D eigenvalue weighted by molar-refractivity contribution is 1.06. The number of aryl methyl sites for hydroxylation is 2.